The van der Waals surface area contributed by atoms with Crippen molar-refractivity contribution in [3.63, 3.8) is 0 Å². The predicted octanol–water partition coefficient (Wildman–Crippen LogP) is 5.92. The molecule has 0 radical (unpaired) electrons. The molecule has 1 heterocycles. The van der Waals surface area contributed by atoms with Gasteiger partial charge < -0.3 is 10.1 Å². The maximum atomic E-state index is 11.4. The minimum Gasteiger partial charge on any atom is -0.314 e. The molecule has 160 valence electrons. The van der Waals surface area contributed by atoms with Crippen molar-refractivity contribution in [2.24, 2.45) is 39.9 Å². The highest BCUT2D eigenvalue weighted by molar-refractivity contribution is 7.84. The monoisotopic (exact) mass is 413 g/mol. The van der Waals surface area contributed by atoms with Gasteiger partial charge in [-0.05, 0) is 122 Å². The minimum atomic E-state index is 0.508. The highest BCUT2D eigenvalue weighted by Crippen LogP contribution is 2.90. The van der Waals surface area contributed by atoms with Crippen molar-refractivity contribution in [2.75, 3.05) is 6.54 Å². The van der Waals surface area contributed by atoms with E-state index in [-0.39, 0.29) is 0 Å². The zero-order valence-corrected chi connectivity index (χ0v) is 19.1. The van der Waals surface area contributed by atoms with Gasteiger partial charge in [-0.25, -0.2) is 0 Å². The summed E-state index contributed by atoms with van der Waals surface area (Å²) in [5.41, 5.74) is 3.36. The fourth-order valence-corrected chi connectivity index (χ4v) is 11.0. The summed E-state index contributed by atoms with van der Waals surface area (Å²) >= 11 is 5.22. The Morgan fingerprint density at radius 3 is 2.90 bits per heavy atom. The Labute approximate surface area is 182 Å². The number of allylic oxidation sites excluding steroid dienone is 2. The van der Waals surface area contributed by atoms with Gasteiger partial charge >= 0.3 is 0 Å². The summed E-state index contributed by atoms with van der Waals surface area (Å²) in [6.07, 6.45) is 18.5. The van der Waals surface area contributed by atoms with Crippen LogP contribution >= 0.6 is 12.6 Å². The van der Waals surface area contributed by atoms with E-state index in [0.717, 1.165) is 30.2 Å². The molecule has 2 nitrogen and oxygen atoms in total. The molecule has 5 fully saturated rings. The number of carbonyl (C=O) groups excluding carboxylic acids is 1. The summed E-state index contributed by atoms with van der Waals surface area (Å²) in [6, 6.07) is 0.780. The van der Waals surface area contributed by atoms with Crippen LogP contribution in [-0.2, 0) is 4.79 Å². The van der Waals surface area contributed by atoms with Crippen molar-refractivity contribution in [3.8, 4) is 0 Å². The molecule has 6 aliphatic rings. The van der Waals surface area contributed by atoms with Gasteiger partial charge in [-0.3, -0.25) is 0 Å². The van der Waals surface area contributed by atoms with Crippen molar-refractivity contribution < 1.29 is 4.79 Å². The van der Waals surface area contributed by atoms with Crippen molar-refractivity contribution in [1.82, 2.24) is 5.32 Å². The molecule has 0 aromatic heterocycles. The van der Waals surface area contributed by atoms with Gasteiger partial charge in [-0.15, -0.1) is 12.6 Å². The smallest absolute Gasteiger partial charge is 0.120 e. The van der Waals surface area contributed by atoms with Crippen molar-refractivity contribution in [2.45, 2.75) is 96.4 Å². The summed E-state index contributed by atoms with van der Waals surface area (Å²) in [6.45, 7) is 3.60. The van der Waals surface area contributed by atoms with Gasteiger partial charge in [0.1, 0.15) is 6.29 Å². The molecule has 1 saturated heterocycles. The van der Waals surface area contributed by atoms with E-state index in [1.165, 1.54) is 94.8 Å². The number of rotatable bonds is 4. The van der Waals surface area contributed by atoms with Crippen LogP contribution in [0.1, 0.15) is 90.4 Å². The second kappa shape index (κ2) is 6.61. The first-order chi connectivity index (χ1) is 14.1. The molecule has 0 aromatic rings. The lowest BCUT2D eigenvalue weighted by atomic mass is 9.72. The second-order valence-corrected chi connectivity index (χ2v) is 12.4. The van der Waals surface area contributed by atoms with Crippen LogP contribution in [-0.4, -0.2) is 18.9 Å². The van der Waals surface area contributed by atoms with Gasteiger partial charge in [0, 0.05) is 12.5 Å². The number of aldehydes is 1. The maximum Gasteiger partial charge on any atom is 0.120 e. The first-order valence-electron chi connectivity index (χ1n) is 12.7. The van der Waals surface area contributed by atoms with E-state index < -0.39 is 0 Å². The fraction of sp³-hybridized carbons (Fsp3) is 0.885. The predicted molar refractivity (Wildman–Crippen MR) is 121 cm³/mol. The molecule has 6 rings (SSSR count). The van der Waals surface area contributed by atoms with Gasteiger partial charge in [-0.2, -0.15) is 0 Å². The Morgan fingerprint density at radius 1 is 1.21 bits per heavy atom. The third-order valence-corrected chi connectivity index (χ3v) is 11.6. The molecule has 3 heteroatoms. The van der Waals surface area contributed by atoms with Crippen LogP contribution in [0.4, 0.5) is 0 Å². The molecule has 1 aliphatic heterocycles. The van der Waals surface area contributed by atoms with Crippen LogP contribution in [0.2, 0.25) is 0 Å². The van der Waals surface area contributed by atoms with Gasteiger partial charge in [-0.1, -0.05) is 18.9 Å². The van der Waals surface area contributed by atoms with Crippen LogP contribution in [0.15, 0.2) is 10.5 Å². The summed E-state index contributed by atoms with van der Waals surface area (Å²) in [4.78, 5) is 12.9. The largest absolute Gasteiger partial charge is 0.314 e. The molecule has 5 aliphatic carbocycles. The van der Waals surface area contributed by atoms with Gasteiger partial charge in [0.15, 0.2) is 0 Å². The average Bonchev–Trinajstić information content (AvgIpc) is 3.01. The van der Waals surface area contributed by atoms with Gasteiger partial charge in [0.2, 0.25) is 0 Å². The van der Waals surface area contributed by atoms with Crippen LogP contribution in [0.5, 0.6) is 0 Å². The number of nitrogens with one attached hydrogen (secondary N) is 1. The quantitative estimate of drug-likeness (QED) is 0.442. The lowest BCUT2D eigenvalue weighted by Crippen LogP contribution is -2.37. The molecule has 8 atom stereocenters. The average molecular weight is 414 g/mol. The normalized spacial score (nSPS) is 52.7. The SMILES string of the molecule is CCCC12C(CC=O)CCC13C1CCC4(CC(S)=C1CC23)CC1CCCNC1C4. The summed E-state index contributed by atoms with van der Waals surface area (Å²) in [5, 5.41) is 3.86. The molecule has 4 saturated carbocycles. The number of fused-ring (bicyclic) bond motifs is 3. The van der Waals surface area contributed by atoms with Gasteiger partial charge in [0.05, 0.1) is 0 Å². The Bertz CT molecular complexity index is 731. The van der Waals surface area contributed by atoms with Crippen LogP contribution < -0.4 is 5.32 Å². The third-order valence-electron chi connectivity index (χ3n) is 11.1. The van der Waals surface area contributed by atoms with Crippen LogP contribution in [0.25, 0.3) is 0 Å². The summed E-state index contributed by atoms with van der Waals surface area (Å²) in [5.74, 6) is 3.25. The third kappa shape index (κ3) is 2.38. The number of thiol groups is 1. The maximum absolute atomic E-state index is 11.4. The first kappa shape index (κ1) is 19.4. The minimum absolute atomic E-state index is 0.508. The number of hydrogen-bond acceptors (Lipinski definition) is 3. The van der Waals surface area contributed by atoms with E-state index in [9.17, 15) is 4.79 Å². The lowest BCUT2D eigenvalue weighted by Gasteiger charge is -2.32. The number of piperidine rings is 1. The molecule has 0 aromatic carbocycles. The van der Waals surface area contributed by atoms with Gasteiger partial charge in [0.25, 0.3) is 0 Å². The van der Waals surface area contributed by atoms with Crippen molar-refractivity contribution in [1.29, 1.82) is 0 Å². The van der Waals surface area contributed by atoms with E-state index in [2.05, 4.69) is 12.2 Å². The lowest BCUT2D eigenvalue weighted by molar-refractivity contribution is -0.109. The van der Waals surface area contributed by atoms with E-state index in [4.69, 9.17) is 12.6 Å². The Hall–Kier alpha value is -0.280. The Kier molecular flexibility index (Phi) is 4.42. The summed E-state index contributed by atoms with van der Waals surface area (Å²) in [7, 11) is 0. The zero-order chi connectivity index (χ0) is 19.9. The van der Waals surface area contributed by atoms with Crippen molar-refractivity contribution >= 4 is 18.9 Å². The molecule has 1 N–H and O–H groups in total. The molecule has 0 amide bonds. The standard InChI is InChI=1S/C26H39NOS/c1-2-8-25-18(7-12-28)5-10-26(25)20-6-9-24(16-22(29)19(20)13-23(25)26)14-17-4-3-11-27-21(17)15-24/h12,17-18,20-21,23,27,29H,2-11,13-16H2,1H3. The molecule has 2 spiro atoms. The number of carbonyl (C=O) groups is 1. The highest BCUT2D eigenvalue weighted by atomic mass is 32.1. The van der Waals surface area contributed by atoms with E-state index in [1.54, 1.807) is 5.57 Å². The molecule has 29 heavy (non-hydrogen) atoms. The van der Waals surface area contributed by atoms with Crippen molar-refractivity contribution in [3.05, 3.63) is 10.5 Å². The Morgan fingerprint density at radius 2 is 2.10 bits per heavy atom. The second-order valence-electron chi connectivity index (χ2n) is 11.8. The topological polar surface area (TPSA) is 29.1 Å². The highest BCUT2D eigenvalue weighted by Gasteiger charge is 2.84. The van der Waals surface area contributed by atoms with Crippen LogP contribution in [0.3, 0.4) is 0 Å². The fourth-order valence-electron chi connectivity index (χ4n) is 10.5. The molecular formula is C26H39NOS. The Balaban J connectivity index is 1.30. The molecule has 8 unspecified atom stereocenters. The van der Waals surface area contributed by atoms with E-state index in [0.29, 0.717) is 22.2 Å². The first-order valence-corrected chi connectivity index (χ1v) is 13.1. The van der Waals surface area contributed by atoms with E-state index >= 15 is 0 Å². The molecular weight excluding hydrogens is 374 g/mol. The van der Waals surface area contributed by atoms with E-state index in [1.807, 2.05) is 0 Å². The van der Waals surface area contributed by atoms with Crippen LogP contribution in [0, 0.1) is 39.9 Å². The number of hydrogen-bond donors (Lipinski definition) is 2. The summed E-state index contributed by atoms with van der Waals surface area (Å²) < 4.78 is 0. The zero-order valence-electron chi connectivity index (χ0n) is 18.2. The molecule has 0 bridgehead atoms.